The van der Waals surface area contributed by atoms with Crippen LogP contribution in [0, 0.1) is 5.82 Å². The predicted octanol–water partition coefficient (Wildman–Crippen LogP) is 2.29. The Bertz CT molecular complexity index is 465. The lowest BCUT2D eigenvalue weighted by atomic mass is 10.2. The number of hydrogen-bond acceptors (Lipinski definition) is 3. The lowest BCUT2D eigenvalue weighted by molar-refractivity contribution is 0.110. The van der Waals surface area contributed by atoms with Gasteiger partial charge in [0.2, 0.25) is 0 Å². The lowest BCUT2D eigenvalue weighted by Gasteiger charge is -1.94. The van der Waals surface area contributed by atoms with Crippen LogP contribution in [0.2, 0.25) is 0 Å². The molecule has 70 valence electrons. The number of hydrogen-bond donors (Lipinski definition) is 0. The highest BCUT2D eigenvalue weighted by Crippen LogP contribution is 2.20. The Kier molecular flexibility index (Phi) is 2.10. The van der Waals surface area contributed by atoms with Gasteiger partial charge in [0.25, 0.3) is 0 Å². The molecular weight excluding hydrogens is 185 g/mol. The van der Waals surface area contributed by atoms with Gasteiger partial charge in [-0.25, -0.2) is 4.39 Å². The topological polar surface area (TPSA) is 43.1 Å². The van der Waals surface area contributed by atoms with E-state index in [-0.39, 0.29) is 5.76 Å². The number of rotatable bonds is 2. The van der Waals surface area contributed by atoms with Gasteiger partial charge < -0.3 is 4.42 Å². The molecule has 2 aromatic rings. The monoisotopic (exact) mass is 191 g/mol. The normalized spacial score (nSPS) is 10.1. The van der Waals surface area contributed by atoms with Crippen molar-refractivity contribution in [1.29, 1.82) is 0 Å². The third kappa shape index (κ3) is 1.54. The van der Waals surface area contributed by atoms with Gasteiger partial charge in [0, 0.05) is 11.8 Å². The average molecular weight is 191 g/mol. The number of furan rings is 1. The van der Waals surface area contributed by atoms with E-state index in [1.807, 2.05) is 0 Å². The minimum atomic E-state index is -0.438. The van der Waals surface area contributed by atoms with E-state index in [4.69, 9.17) is 4.42 Å². The van der Waals surface area contributed by atoms with Crippen molar-refractivity contribution in [2.24, 2.45) is 0 Å². The van der Waals surface area contributed by atoms with Gasteiger partial charge in [-0.3, -0.25) is 9.78 Å². The van der Waals surface area contributed by atoms with Crippen LogP contribution in [0.25, 0.3) is 11.3 Å². The SMILES string of the molecule is O=Cc1ccc(-c2cncc(F)c2)o1. The van der Waals surface area contributed by atoms with E-state index in [1.54, 1.807) is 6.07 Å². The summed E-state index contributed by atoms with van der Waals surface area (Å²) < 4.78 is 17.9. The van der Waals surface area contributed by atoms with Crippen molar-refractivity contribution in [2.75, 3.05) is 0 Å². The van der Waals surface area contributed by atoms with Crippen molar-refractivity contribution in [1.82, 2.24) is 4.98 Å². The molecule has 0 bridgehead atoms. The molecular formula is C10H6FNO2. The number of nitrogens with zero attached hydrogens (tertiary/aromatic N) is 1. The van der Waals surface area contributed by atoms with Crippen LogP contribution in [0.1, 0.15) is 10.6 Å². The van der Waals surface area contributed by atoms with Crippen LogP contribution in [0.3, 0.4) is 0 Å². The zero-order chi connectivity index (χ0) is 9.97. The summed E-state index contributed by atoms with van der Waals surface area (Å²) in [6.07, 6.45) is 3.17. The molecule has 0 saturated heterocycles. The van der Waals surface area contributed by atoms with Crippen LogP contribution in [0.4, 0.5) is 4.39 Å². The van der Waals surface area contributed by atoms with E-state index in [2.05, 4.69) is 4.98 Å². The Labute approximate surface area is 79.2 Å². The van der Waals surface area contributed by atoms with E-state index in [1.165, 1.54) is 18.3 Å². The van der Waals surface area contributed by atoms with Gasteiger partial charge in [0.15, 0.2) is 12.0 Å². The molecule has 0 atom stereocenters. The summed E-state index contributed by atoms with van der Waals surface area (Å²) in [5.74, 6) is 0.204. The van der Waals surface area contributed by atoms with E-state index in [9.17, 15) is 9.18 Å². The van der Waals surface area contributed by atoms with Crippen LogP contribution in [-0.2, 0) is 0 Å². The first-order chi connectivity index (χ1) is 6.79. The zero-order valence-electron chi connectivity index (χ0n) is 7.11. The summed E-state index contributed by atoms with van der Waals surface area (Å²) >= 11 is 0. The molecule has 3 nitrogen and oxygen atoms in total. The van der Waals surface area contributed by atoms with Crippen molar-refractivity contribution in [3.05, 3.63) is 42.2 Å². The summed E-state index contributed by atoms with van der Waals surface area (Å²) in [4.78, 5) is 14.0. The third-order valence-corrected chi connectivity index (χ3v) is 1.73. The van der Waals surface area contributed by atoms with Crippen molar-refractivity contribution in [2.45, 2.75) is 0 Å². The van der Waals surface area contributed by atoms with E-state index < -0.39 is 5.82 Å². The maximum atomic E-state index is 12.8. The molecule has 0 aliphatic rings. The number of carbonyl (C=O) groups is 1. The van der Waals surface area contributed by atoms with Crippen molar-refractivity contribution < 1.29 is 13.6 Å². The molecule has 0 aromatic carbocycles. The van der Waals surface area contributed by atoms with Gasteiger partial charge in [-0.2, -0.15) is 0 Å². The quantitative estimate of drug-likeness (QED) is 0.684. The molecule has 0 radical (unpaired) electrons. The summed E-state index contributed by atoms with van der Waals surface area (Å²) in [5.41, 5.74) is 0.512. The third-order valence-electron chi connectivity index (χ3n) is 1.73. The Morgan fingerprint density at radius 3 is 2.86 bits per heavy atom. The van der Waals surface area contributed by atoms with E-state index in [0.29, 0.717) is 17.6 Å². The van der Waals surface area contributed by atoms with Crippen molar-refractivity contribution in [3.8, 4) is 11.3 Å². The van der Waals surface area contributed by atoms with Gasteiger partial charge in [0.1, 0.15) is 11.6 Å². The minimum absolute atomic E-state index is 0.212. The summed E-state index contributed by atoms with van der Waals surface area (Å²) in [7, 11) is 0. The number of carbonyl (C=O) groups excluding carboxylic acids is 1. The largest absolute Gasteiger partial charge is 0.453 e. The fourth-order valence-electron chi connectivity index (χ4n) is 1.12. The molecule has 0 saturated carbocycles. The van der Waals surface area contributed by atoms with Gasteiger partial charge in [-0.05, 0) is 18.2 Å². The molecule has 0 aliphatic heterocycles. The Hall–Kier alpha value is -1.97. The second-order valence-electron chi connectivity index (χ2n) is 2.71. The highest BCUT2D eigenvalue weighted by molar-refractivity contribution is 5.72. The van der Waals surface area contributed by atoms with Crippen LogP contribution in [0.5, 0.6) is 0 Å². The van der Waals surface area contributed by atoms with E-state index >= 15 is 0 Å². The Balaban J connectivity index is 2.43. The average Bonchev–Trinajstić information content (AvgIpc) is 2.66. The van der Waals surface area contributed by atoms with Gasteiger partial charge in [-0.15, -0.1) is 0 Å². The Morgan fingerprint density at radius 2 is 2.21 bits per heavy atom. The molecule has 0 fully saturated rings. The predicted molar refractivity (Wildman–Crippen MR) is 47.3 cm³/mol. The molecule has 0 unspecified atom stereocenters. The highest BCUT2D eigenvalue weighted by atomic mass is 19.1. The number of halogens is 1. The second kappa shape index (κ2) is 3.41. The summed E-state index contributed by atoms with van der Waals surface area (Å²) in [6.45, 7) is 0. The van der Waals surface area contributed by atoms with Gasteiger partial charge in [0.05, 0.1) is 6.20 Å². The lowest BCUT2D eigenvalue weighted by Crippen LogP contribution is -1.80. The van der Waals surface area contributed by atoms with Crippen LogP contribution >= 0.6 is 0 Å². The number of aldehydes is 1. The van der Waals surface area contributed by atoms with Crippen LogP contribution in [-0.4, -0.2) is 11.3 Å². The Morgan fingerprint density at radius 1 is 1.36 bits per heavy atom. The molecule has 14 heavy (non-hydrogen) atoms. The molecule has 2 heterocycles. The number of aromatic nitrogens is 1. The molecule has 2 rings (SSSR count). The summed E-state index contributed by atoms with van der Waals surface area (Å²) in [5, 5.41) is 0. The van der Waals surface area contributed by atoms with Crippen LogP contribution in [0.15, 0.2) is 35.0 Å². The van der Waals surface area contributed by atoms with Crippen LogP contribution < -0.4 is 0 Å². The molecule has 0 aliphatic carbocycles. The fraction of sp³-hybridized carbons (Fsp3) is 0. The molecule has 0 N–H and O–H groups in total. The first-order valence-electron chi connectivity index (χ1n) is 3.95. The second-order valence-corrected chi connectivity index (χ2v) is 2.71. The first-order valence-corrected chi connectivity index (χ1v) is 3.95. The molecule has 4 heteroatoms. The standard InChI is InChI=1S/C10H6FNO2/c11-8-3-7(4-12-5-8)10-2-1-9(6-13)14-10/h1-6H. The van der Waals surface area contributed by atoms with Gasteiger partial charge in [-0.1, -0.05) is 0 Å². The fourth-order valence-corrected chi connectivity index (χ4v) is 1.12. The van der Waals surface area contributed by atoms with E-state index in [0.717, 1.165) is 6.20 Å². The van der Waals surface area contributed by atoms with Crippen molar-refractivity contribution >= 4 is 6.29 Å². The molecule has 2 aromatic heterocycles. The molecule has 0 spiro atoms. The maximum Gasteiger partial charge on any atom is 0.185 e. The zero-order valence-corrected chi connectivity index (χ0v) is 7.11. The van der Waals surface area contributed by atoms with Gasteiger partial charge >= 0.3 is 0 Å². The highest BCUT2D eigenvalue weighted by Gasteiger charge is 2.04. The first kappa shape index (κ1) is 8.62. The smallest absolute Gasteiger partial charge is 0.185 e. The molecule has 0 amide bonds. The van der Waals surface area contributed by atoms with Crippen molar-refractivity contribution in [3.63, 3.8) is 0 Å². The maximum absolute atomic E-state index is 12.8. The minimum Gasteiger partial charge on any atom is -0.453 e. The number of pyridine rings is 1. The summed E-state index contributed by atoms with van der Waals surface area (Å²) in [6, 6.07) is 4.41.